The monoisotopic (exact) mass is 330 g/mol. The van der Waals surface area contributed by atoms with E-state index in [4.69, 9.17) is 5.73 Å². The van der Waals surface area contributed by atoms with E-state index in [9.17, 15) is 4.79 Å². The molecular weight excluding hydrogens is 308 g/mol. The van der Waals surface area contributed by atoms with Gasteiger partial charge in [-0.1, -0.05) is 72.9 Å². The minimum atomic E-state index is -0.0861. The number of rotatable bonds is 3. The molecule has 3 heteroatoms. The van der Waals surface area contributed by atoms with Gasteiger partial charge in [0, 0.05) is 30.1 Å². The lowest BCUT2D eigenvalue weighted by Gasteiger charge is -2.11. The summed E-state index contributed by atoms with van der Waals surface area (Å²) < 4.78 is 0. The molecule has 0 heterocycles. The van der Waals surface area contributed by atoms with E-state index in [-0.39, 0.29) is 17.3 Å². The normalized spacial score (nSPS) is 16.8. The minimum absolute atomic E-state index is 0.0265. The van der Waals surface area contributed by atoms with Gasteiger partial charge in [-0.2, -0.15) is 0 Å². The molecule has 0 fully saturated rings. The van der Waals surface area contributed by atoms with E-state index in [1.54, 1.807) is 13.1 Å². The Balaban J connectivity index is 2.22. The highest BCUT2D eigenvalue weighted by molar-refractivity contribution is 5.62. The number of nitrogens with two attached hydrogens (primary N) is 1. The largest absolute Gasteiger partial charge is 0.398 e. The van der Waals surface area contributed by atoms with Crippen molar-refractivity contribution in [2.45, 2.75) is 11.8 Å². The van der Waals surface area contributed by atoms with E-state index in [0.29, 0.717) is 16.9 Å². The molecule has 0 aromatic heterocycles. The molecule has 0 radical (unpaired) electrons. The smallest absolute Gasteiger partial charge is 0.205 e. The highest BCUT2D eigenvalue weighted by Gasteiger charge is 2.17. The third-order valence-corrected chi connectivity index (χ3v) is 4.38. The van der Waals surface area contributed by atoms with E-state index in [1.165, 1.54) is 0 Å². The number of hydrogen-bond acceptors (Lipinski definition) is 3. The molecule has 0 bridgehead atoms. The summed E-state index contributed by atoms with van der Waals surface area (Å²) in [6, 6.07) is 3.69. The Labute approximate surface area is 148 Å². The summed E-state index contributed by atoms with van der Waals surface area (Å²) in [5, 5.41) is 2.99. The van der Waals surface area contributed by atoms with Crippen molar-refractivity contribution < 1.29 is 0 Å². The van der Waals surface area contributed by atoms with Crippen LogP contribution in [0.5, 0.6) is 0 Å². The average molecular weight is 330 g/mol. The van der Waals surface area contributed by atoms with E-state index in [1.807, 2.05) is 66.8 Å². The third-order valence-electron chi connectivity index (χ3n) is 4.38. The summed E-state index contributed by atoms with van der Waals surface area (Å²) in [5.41, 5.74) is 9.08. The van der Waals surface area contributed by atoms with Crippen molar-refractivity contribution in [3.8, 4) is 0 Å². The molecule has 2 aliphatic carbocycles. The van der Waals surface area contributed by atoms with E-state index in [0.717, 1.165) is 5.56 Å². The van der Waals surface area contributed by atoms with Gasteiger partial charge in [0.2, 0.25) is 5.43 Å². The highest BCUT2D eigenvalue weighted by Crippen LogP contribution is 2.30. The second-order valence-electron chi connectivity index (χ2n) is 6.01. The summed E-state index contributed by atoms with van der Waals surface area (Å²) in [7, 11) is 1.75. The molecule has 0 unspecified atom stereocenters. The lowest BCUT2D eigenvalue weighted by molar-refractivity contribution is 1.04. The Morgan fingerprint density at radius 2 is 1.24 bits per heavy atom. The molecule has 0 amide bonds. The zero-order valence-electron chi connectivity index (χ0n) is 14.2. The van der Waals surface area contributed by atoms with Gasteiger partial charge in [0.1, 0.15) is 0 Å². The van der Waals surface area contributed by atoms with Crippen molar-refractivity contribution in [1.29, 1.82) is 0 Å². The van der Waals surface area contributed by atoms with Gasteiger partial charge in [-0.05, 0) is 17.7 Å². The van der Waals surface area contributed by atoms with Gasteiger partial charge in [0.05, 0.1) is 5.69 Å². The molecule has 1 aromatic rings. The molecule has 126 valence electrons. The van der Waals surface area contributed by atoms with Crippen molar-refractivity contribution >= 4 is 11.4 Å². The van der Waals surface area contributed by atoms with Gasteiger partial charge < -0.3 is 11.1 Å². The molecule has 1 aromatic carbocycles. The Hall–Kier alpha value is -3.07. The van der Waals surface area contributed by atoms with E-state index < -0.39 is 0 Å². The number of nitrogens with one attached hydrogen (secondary N) is 1. The third kappa shape index (κ3) is 3.72. The Morgan fingerprint density at radius 1 is 0.760 bits per heavy atom. The minimum Gasteiger partial charge on any atom is -0.398 e. The van der Waals surface area contributed by atoms with Crippen LogP contribution in [0.15, 0.2) is 89.8 Å². The molecule has 0 saturated carbocycles. The van der Waals surface area contributed by atoms with Crippen LogP contribution in [0, 0.1) is 0 Å². The standard InChI is InChI=1S/C22H22N2O/c1-24-21-15-20(23)18(16-10-6-2-3-7-11-16)14-19(22(21)25)17-12-8-4-5-9-13-17/h2-17H,23H2,1H3,(H,24,25). The summed E-state index contributed by atoms with van der Waals surface area (Å²) in [4.78, 5) is 13.0. The van der Waals surface area contributed by atoms with Gasteiger partial charge in [-0.25, -0.2) is 0 Å². The Bertz CT molecular complexity index is 853. The summed E-state index contributed by atoms with van der Waals surface area (Å²) >= 11 is 0. The Morgan fingerprint density at radius 3 is 1.72 bits per heavy atom. The van der Waals surface area contributed by atoms with E-state index in [2.05, 4.69) is 17.5 Å². The summed E-state index contributed by atoms with van der Waals surface area (Å²) in [5.74, 6) is -0.0564. The van der Waals surface area contributed by atoms with Crippen LogP contribution < -0.4 is 16.5 Å². The van der Waals surface area contributed by atoms with Crippen LogP contribution in [-0.2, 0) is 0 Å². The number of anilines is 2. The molecule has 3 nitrogen and oxygen atoms in total. The lowest BCUT2D eigenvalue weighted by Crippen LogP contribution is -2.12. The van der Waals surface area contributed by atoms with Crippen LogP contribution in [0.4, 0.5) is 11.4 Å². The van der Waals surface area contributed by atoms with Crippen LogP contribution >= 0.6 is 0 Å². The van der Waals surface area contributed by atoms with Gasteiger partial charge in [0.25, 0.3) is 0 Å². The number of allylic oxidation sites excluding steroid dienone is 12. The second-order valence-corrected chi connectivity index (χ2v) is 6.01. The highest BCUT2D eigenvalue weighted by atomic mass is 16.1. The molecule has 2 aliphatic rings. The molecule has 0 atom stereocenters. The summed E-state index contributed by atoms with van der Waals surface area (Å²) in [6.07, 6.45) is 24.0. The van der Waals surface area contributed by atoms with Gasteiger partial charge in [0.15, 0.2) is 0 Å². The van der Waals surface area contributed by atoms with Crippen molar-refractivity contribution in [1.82, 2.24) is 0 Å². The van der Waals surface area contributed by atoms with Crippen molar-refractivity contribution in [3.05, 3.63) is 106 Å². The maximum atomic E-state index is 13.0. The maximum absolute atomic E-state index is 13.0. The van der Waals surface area contributed by atoms with Crippen molar-refractivity contribution in [2.75, 3.05) is 18.1 Å². The van der Waals surface area contributed by atoms with Crippen LogP contribution in [0.1, 0.15) is 23.0 Å². The fourth-order valence-electron chi connectivity index (χ4n) is 3.03. The predicted molar refractivity (Wildman–Crippen MR) is 107 cm³/mol. The quantitative estimate of drug-likeness (QED) is 0.873. The first-order chi connectivity index (χ1) is 12.2. The first kappa shape index (κ1) is 16.8. The van der Waals surface area contributed by atoms with Gasteiger partial charge in [-0.15, -0.1) is 0 Å². The fourth-order valence-corrected chi connectivity index (χ4v) is 3.03. The molecule has 0 spiro atoms. The predicted octanol–water partition coefficient (Wildman–Crippen LogP) is 4.20. The van der Waals surface area contributed by atoms with Crippen molar-refractivity contribution in [3.63, 3.8) is 0 Å². The number of hydrogen-bond donors (Lipinski definition) is 2. The van der Waals surface area contributed by atoms with E-state index >= 15 is 0 Å². The van der Waals surface area contributed by atoms with Crippen LogP contribution in [-0.4, -0.2) is 7.05 Å². The Kier molecular flexibility index (Phi) is 5.14. The first-order valence-corrected chi connectivity index (χ1v) is 8.39. The summed E-state index contributed by atoms with van der Waals surface area (Å²) in [6.45, 7) is 0. The second kappa shape index (κ2) is 7.67. The topological polar surface area (TPSA) is 55.1 Å². The van der Waals surface area contributed by atoms with Crippen LogP contribution in [0.3, 0.4) is 0 Å². The van der Waals surface area contributed by atoms with Crippen molar-refractivity contribution in [2.24, 2.45) is 0 Å². The average Bonchev–Trinajstić information content (AvgIpc) is 3.08. The number of nitrogen functional groups attached to an aromatic ring is 1. The zero-order valence-corrected chi connectivity index (χ0v) is 14.2. The van der Waals surface area contributed by atoms with Gasteiger partial charge in [-0.3, -0.25) is 4.79 Å². The molecule has 3 rings (SSSR count). The maximum Gasteiger partial charge on any atom is 0.205 e. The zero-order chi connectivity index (χ0) is 17.6. The van der Waals surface area contributed by atoms with Crippen LogP contribution in [0.2, 0.25) is 0 Å². The molecule has 3 N–H and O–H groups in total. The molecule has 0 aliphatic heterocycles. The first-order valence-electron chi connectivity index (χ1n) is 8.39. The fraction of sp³-hybridized carbons (Fsp3) is 0.136. The molecule has 0 saturated heterocycles. The van der Waals surface area contributed by atoms with Crippen LogP contribution in [0.25, 0.3) is 0 Å². The molecule has 25 heavy (non-hydrogen) atoms. The van der Waals surface area contributed by atoms with Gasteiger partial charge >= 0.3 is 0 Å². The lowest BCUT2D eigenvalue weighted by atomic mass is 9.93. The molecular formula is C22H22N2O. The SMILES string of the molecule is CNc1cc(N)c(C2C=CC=CC=C2)cc(C2C=CC=CC=C2)c1=O.